The van der Waals surface area contributed by atoms with Crippen LogP contribution < -0.4 is 10.5 Å². The molecule has 0 aliphatic heterocycles. The quantitative estimate of drug-likeness (QED) is 0.803. The van der Waals surface area contributed by atoms with Crippen LogP contribution in [0, 0.1) is 0 Å². The van der Waals surface area contributed by atoms with Crippen LogP contribution in [-0.4, -0.2) is 22.0 Å². The third-order valence-corrected chi connectivity index (χ3v) is 3.39. The lowest BCUT2D eigenvalue weighted by molar-refractivity contribution is 0.0996. The normalized spacial score (nSPS) is 10.9. The van der Waals surface area contributed by atoms with Gasteiger partial charge in [0.1, 0.15) is 11.4 Å². The van der Waals surface area contributed by atoms with Crippen molar-refractivity contribution in [3.8, 4) is 16.9 Å². The summed E-state index contributed by atoms with van der Waals surface area (Å²) >= 11 is 0. The number of primary amides is 1. The maximum atomic E-state index is 11.4. The number of fused-ring (bicyclic) bond motifs is 1. The number of aromatic nitrogens is 2. The number of benzene rings is 1. The highest BCUT2D eigenvalue weighted by atomic mass is 16.5. The topological polar surface area (TPSA) is 78.1 Å². The highest BCUT2D eigenvalue weighted by Crippen LogP contribution is 2.28. The number of carbonyl (C=O) groups excluding carboxylic acids is 1. The minimum atomic E-state index is -0.546. The van der Waals surface area contributed by atoms with Crippen LogP contribution in [0.25, 0.3) is 22.0 Å². The van der Waals surface area contributed by atoms with Gasteiger partial charge < -0.3 is 10.5 Å². The van der Waals surface area contributed by atoms with E-state index in [2.05, 4.69) is 9.97 Å². The number of carbonyl (C=O) groups is 1. The first kappa shape index (κ1) is 15.0. The minimum absolute atomic E-state index is 0.125. The number of pyridine rings is 2. The summed E-state index contributed by atoms with van der Waals surface area (Å²) in [6, 6.07) is 11.1. The number of ether oxygens (including phenoxy) is 1. The van der Waals surface area contributed by atoms with Crippen molar-refractivity contribution in [1.29, 1.82) is 0 Å². The van der Waals surface area contributed by atoms with E-state index in [9.17, 15) is 4.79 Å². The van der Waals surface area contributed by atoms with Crippen LogP contribution >= 0.6 is 0 Å². The van der Waals surface area contributed by atoms with Gasteiger partial charge in [0.05, 0.1) is 11.6 Å². The van der Waals surface area contributed by atoms with Gasteiger partial charge in [-0.05, 0) is 43.7 Å². The molecule has 0 radical (unpaired) electrons. The number of nitrogens with zero attached hydrogens (tertiary/aromatic N) is 2. The lowest BCUT2D eigenvalue weighted by Crippen LogP contribution is -2.12. The first-order valence-corrected chi connectivity index (χ1v) is 7.36. The average Bonchev–Trinajstić information content (AvgIpc) is 2.54. The zero-order chi connectivity index (χ0) is 16.4. The number of hydrogen-bond donors (Lipinski definition) is 1. The standard InChI is InChI=1S/C18H17N3O2/c1-11(2)23-14-6-3-12(4-7-14)15-10-20-9-13-5-8-16(18(19)22)21-17(13)15/h3-11H,1-2H3,(H2,19,22). The first-order valence-electron chi connectivity index (χ1n) is 7.36. The molecule has 0 aliphatic rings. The lowest BCUT2D eigenvalue weighted by Gasteiger charge is -2.11. The minimum Gasteiger partial charge on any atom is -0.491 e. The SMILES string of the molecule is CC(C)Oc1ccc(-c2cncc3ccc(C(N)=O)nc23)cc1. The molecule has 5 heteroatoms. The fourth-order valence-corrected chi connectivity index (χ4v) is 2.38. The van der Waals surface area contributed by atoms with Gasteiger partial charge in [0.15, 0.2) is 0 Å². The summed E-state index contributed by atoms with van der Waals surface area (Å²) in [5.74, 6) is 0.262. The molecule has 0 fully saturated rings. The van der Waals surface area contributed by atoms with Crippen molar-refractivity contribution in [1.82, 2.24) is 9.97 Å². The Morgan fingerprint density at radius 1 is 1.09 bits per heavy atom. The van der Waals surface area contributed by atoms with Crippen LogP contribution in [0.15, 0.2) is 48.8 Å². The van der Waals surface area contributed by atoms with Gasteiger partial charge in [0.25, 0.3) is 5.91 Å². The molecule has 116 valence electrons. The number of nitrogens with two attached hydrogens (primary N) is 1. The molecule has 2 N–H and O–H groups in total. The van der Waals surface area contributed by atoms with Gasteiger partial charge in [0, 0.05) is 23.3 Å². The smallest absolute Gasteiger partial charge is 0.267 e. The maximum absolute atomic E-state index is 11.4. The summed E-state index contributed by atoms with van der Waals surface area (Å²) < 4.78 is 5.65. The van der Waals surface area contributed by atoms with Crippen molar-refractivity contribution in [3.05, 3.63) is 54.5 Å². The van der Waals surface area contributed by atoms with Crippen molar-refractivity contribution < 1.29 is 9.53 Å². The molecular weight excluding hydrogens is 290 g/mol. The van der Waals surface area contributed by atoms with Gasteiger partial charge >= 0.3 is 0 Å². The summed E-state index contributed by atoms with van der Waals surface area (Å²) in [4.78, 5) is 20.0. The zero-order valence-electron chi connectivity index (χ0n) is 13.0. The van der Waals surface area contributed by atoms with E-state index in [4.69, 9.17) is 10.5 Å². The molecule has 0 bridgehead atoms. The Hall–Kier alpha value is -2.95. The molecule has 0 unspecified atom stereocenters. The Morgan fingerprint density at radius 3 is 2.48 bits per heavy atom. The van der Waals surface area contributed by atoms with Crippen LogP contribution in [0.3, 0.4) is 0 Å². The van der Waals surface area contributed by atoms with E-state index in [1.54, 1.807) is 24.5 Å². The Morgan fingerprint density at radius 2 is 1.83 bits per heavy atom. The number of hydrogen-bond acceptors (Lipinski definition) is 4. The molecule has 0 aliphatic carbocycles. The van der Waals surface area contributed by atoms with E-state index >= 15 is 0 Å². The predicted molar refractivity (Wildman–Crippen MR) is 89.3 cm³/mol. The van der Waals surface area contributed by atoms with E-state index < -0.39 is 5.91 Å². The lowest BCUT2D eigenvalue weighted by atomic mass is 10.0. The van der Waals surface area contributed by atoms with Crippen molar-refractivity contribution in [2.75, 3.05) is 0 Å². The monoisotopic (exact) mass is 307 g/mol. The Bertz CT molecular complexity index is 858. The summed E-state index contributed by atoms with van der Waals surface area (Å²) in [7, 11) is 0. The molecule has 2 aromatic heterocycles. The van der Waals surface area contributed by atoms with E-state index in [1.807, 2.05) is 38.1 Å². The van der Waals surface area contributed by atoms with Crippen LogP contribution in [0.4, 0.5) is 0 Å². The highest BCUT2D eigenvalue weighted by Gasteiger charge is 2.10. The van der Waals surface area contributed by atoms with Crippen LogP contribution in [0.1, 0.15) is 24.3 Å². The summed E-state index contributed by atoms with van der Waals surface area (Å²) in [5, 5.41) is 0.856. The molecule has 3 aromatic rings. The molecule has 0 saturated heterocycles. The van der Waals surface area contributed by atoms with Gasteiger partial charge in [-0.3, -0.25) is 9.78 Å². The molecule has 3 rings (SSSR count). The maximum Gasteiger partial charge on any atom is 0.267 e. The van der Waals surface area contributed by atoms with E-state index in [0.717, 1.165) is 22.3 Å². The number of amides is 1. The Balaban J connectivity index is 2.08. The third kappa shape index (κ3) is 3.13. The van der Waals surface area contributed by atoms with Gasteiger partial charge in [-0.25, -0.2) is 4.98 Å². The molecule has 1 amide bonds. The third-order valence-electron chi connectivity index (χ3n) is 3.39. The highest BCUT2D eigenvalue weighted by molar-refractivity contribution is 5.97. The van der Waals surface area contributed by atoms with E-state index in [1.165, 1.54) is 0 Å². The summed E-state index contributed by atoms with van der Waals surface area (Å²) in [5.41, 5.74) is 8.07. The second-order valence-corrected chi connectivity index (χ2v) is 5.51. The summed E-state index contributed by atoms with van der Waals surface area (Å²) in [6.07, 6.45) is 3.57. The fourth-order valence-electron chi connectivity index (χ4n) is 2.38. The second kappa shape index (κ2) is 6.04. The van der Waals surface area contributed by atoms with Crippen LogP contribution in [0.2, 0.25) is 0 Å². The molecule has 2 heterocycles. The Kier molecular flexibility index (Phi) is 3.93. The predicted octanol–water partition coefficient (Wildman–Crippen LogP) is 3.18. The average molecular weight is 307 g/mol. The molecule has 23 heavy (non-hydrogen) atoms. The largest absolute Gasteiger partial charge is 0.491 e. The van der Waals surface area contributed by atoms with Crippen molar-refractivity contribution in [3.63, 3.8) is 0 Å². The van der Waals surface area contributed by atoms with Crippen molar-refractivity contribution >= 4 is 16.8 Å². The van der Waals surface area contributed by atoms with Gasteiger partial charge in [0.2, 0.25) is 0 Å². The second-order valence-electron chi connectivity index (χ2n) is 5.51. The number of rotatable bonds is 4. The molecule has 0 saturated carbocycles. The van der Waals surface area contributed by atoms with E-state index in [0.29, 0.717) is 5.52 Å². The van der Waals surface area contributed by atoms with Gasteiger partial charge in [-0.2, -0.15) is 0 Å². The zero-order valence-corrected chi connectivity index (χ0v) is 13.0. The first-order chi connectivity index (χ1) is 11.0. The molecule has 0 atom stereocenters. The fraction of sp³-hybridized carbons (Fsp3) is 0.167. The van der Waals surface area contributed by atoms with Crippen LogP contribution in [-0.2, 0) is 0 Å². The molecule has 1 aromatic carbocycles. The van der Waals surface area contributed by atoms with Crippen molar-refractivity contribution in [2.45, 2.75) is 20.0 Å². The summed E-state index contributed by atoms with van der Waals surface area (Å²) in [6.45, 7) is 3.97. The van der Waals surface area contributed by atoms with Gasteiger partial charge in [-0.15, -0.1) is 0 Å². The van der Waals surface area contributed by atoms with Crippen molar-refractivity contribution in [2.24, 2.45) is 5.73 Å². The molecule has 0 spiro atoms. The van der Waals surface area contributed by atoms with E-state index in [-0.39, 0.29) is 11.8 Å². The van der Waals surface area contributed by atoms with Gasteiger partial charge in [-0.1, -0.05) is 12.1 Å². The Labute approximate surface area is 134 Å². The molecule has 5 nitrogen and oxygen atoms in total. The van der Waals surface area contributed by atoms with Crippen LogP contribution in [0.5, 0.6) is 5.75 Å². The molecular formula is C18H17N3O2.